The molecule has 0 spiro atoms. The lowest BCUT2D eigenvalue weighted by atomic mass is 9.92. The molecule has 2 atom stereocenters. The third-order valence-corrected chi connectivity index (χ3v) is 9.05. The minimum Gasteiger partial charge on any atom is -0.279 e. The maximum absolute atomic E-state index is 6.35. The van der Waals surface area contributed by atoms with Gasteiger partial charge in [0, 0.05) is 17.4 Å². The third-order valence-electron chi connectivity index (χ3n) is 8.80. The molecule has 49 heavy (non-hydrogen) atoms. The second-order valence-corrected chi connectivity index (χ2v) is 12.4. The highest BCUT2D eigenvalue weighted by Crippen LogP contribution is 2.38. The fourth-order valence-corrected chi connectivity index (χ4v) is 6.48. The van der Waals surface area contributed by atoms with E-state index in [0.717, 1.165) is 45.0 Å². The summed E-state index contributed by atoms with van der Waals surface area (Å²) in [5, 5.41) is 9.26. The molecule has 0 saturated carbocycles. The van der Waals surface area contributed by atoms with Crippen molar-refractivity contribution in [1.29, 1.82) is 0 Å². The zero-order chi connectivity index (χ0) is 33.0. The lowest BCUT2D eigenvalue weighted by molar-refractivity contribution is 0.552. The summed E-state index contributed by atoms with van der Waals surface area (Å²) < 4.78 is 0. The van der Waals surface area contributed by atoms with Crippen LogP contribution in [0.3, 0.4) is 0 Å². The molecule has 2 unspecified atom stereocenters. The van der Waals surface area contributed by atoms with E-state index in [0.29, 0.717) is 5.02 Å². The zero-order valence-corrected chi connectivity index (χ0v) is 27.5. The number of hydrogen-bond donors (Lipinski definition) is 2. The van der Waals surface area contributed by atoms with Crippen molar-refractivity contribution in [2.24, 2.45) is 0 Å². The second-order valence-electron chi connectivity index (χ2n) is 12.0. The van der Waals surface area contributed by atoms with Crippen LogP contribution in [0.25, 0.3) is 11.1 Å². The fraction of sp³-hybridized carbons (Fsp3) is 0.0476. The maximum atomic E-state index is 6.35. The Morgan fingerprint density at radius 3 is 1.20 bits per heavy atom. The molecule has 240 valence electrons. The largest absolute Gasteiger partial charge is 0.279 e. The first-order valence-corrected chi connectivity index (χ1v) is 16.7. The highest BCUT2D eigenvalue weighted by atomic mass is 35.5. The van der Waals surface area contributed by atoms with Crippen molar-refractivity contribution < 1.29 is 0 Å². The molecule has 0 saturated heterocycles. The van der Waals surface area contributed by atoms with Crippen molar-refractivity contribution >= 4 is 34.4 Å². The van der Waals surface area contributed by atoms with Crippen LogP contribution in [0.2, 0.25) is 5.02 Å². The van der Waals surface area contributed by atoms with Crippen molar-refractivity contribution in [2.75, 3.05) is 20.0 Å². The Morgan fingerprint density at radius 2 is 0.796 bits per heavy atom. The standard InChI is InChI=1S/C42H35ClN6/c43-36-23-21-32(22-24-36)33-29-34(41-25-27-46(37-13-5-1-6-14-37)44-48(41)39-17-9-3-10-18-39)31-35(30-33)42-26-28-47(38-15-7-2-8-16-38)45-49(42)40-19-11-4-12-20-40/h1-31,41-42,44-45H. The highest BCUT2D eigenvalue weighted by Gasteiger charge is 2.29. The smallest absolute Gasteiger partial charge is 0.0921 e. The van der Waals surface area contributed by atoms with E-state index >= 15 is 0 Å². The van der Waals surface area contributed by atoms with Gasteiger partial charge in [-0.05, 0) is 107 Å². The lowest BCUT2D eigenvalue weighted by Crippen LogP contribution is -2.52. The molecule has 0 bridgehead atoms. The molecule has 7 heteroatoms. The SMILES string of the molecule is Clc1ccc(-c2cc(C3C=CN(c4ccccc4)NN3c3ccccc3)cc(C3C=CN(c4ccccc4)NN3c3ccccc3)c2)cc1. The van der Waals surface area contributed by atoms with Gasteiger partial charge >= 0.3 is 0 Å². The first kappa shape index (κ1) is 30.5. The van der Waals surface area contributed by atoms with Gasteiger partial charge in [-0.3, -0.25) is 20.0 Å². The topological polar surface area (TPSA) is 37.0 Å². The third kappa shape index (κ3) is 6.53. The van der Waals surface area contributed by atoms with Crippen LogP contribution in [0.4, 0.5) is 22.7 Å². The van der Waals surface area contributed by atoms with E-state index in [-0.39, 0.29) is 12.1 Å². The van der Waals surface area contributed by atoms with Crippen molar-refractivity contribution in [1.82, 2.24) is 11.1 Å². The van der Waals surface area contributed by atoms with E-state index in [4.69, 9.17) is 11.6 Å². The molecular weight excluding hydrogens is 624 g/mol. The van der Waals surface area contributed by atoms with Gasteiger partial charge in [-0.25, -0.2) is 0 Å². The van der Waals surface area contributed by atoms with Crippen LogP contribution in [0, 0.1) is 0 Å². The van der Waals surface area contributed by atoms with E-state index in [1.807, 2.05) is 36.4 Å². The highest BCUT2D eigenvalue weighted by molar-refractivity contribution is 6.30. The minimum absolute atomic E-state index is 0.111. The number of hydrazine groups is 4. The molecule has 8 rings (SSSR count). The number of anilines is 4. The number of nitrogens with zero attached hydrogens (tertiary/aromatic N) is 4. The molecule has 2 N–H and O–H groups in total. The Balaban J connectivity index is 1.26. The molecule has 0 aliphatic carbocycles. The lowest BCUT2D eigenvalue weighted by Gasteiger charge is -2.42. The van der Waals surface area contributed by atoms with Gasteiger partial charge in [0.15, 0.2) is 0 Å². The van der Waals surface area contributed by atoms with Crippen molar-refractivity contribution in [3.05, 3.63) is 204 Å². The number of benzene rings is 6. The quantitative estimate of drug-likeness (QED) is 0.178. The molecule has 2 aliphatic rings. The molecule has 0 aromatic heterocycles. The van der Waals surface area contributed by atoms with Crippen LogP contribution in [-0.4, -0.2) is 0 Å². The van der Waals surface area contributed by atoms with Crippen molar-refractivity contribution in [3.8, 4) is 11.1 Å². The summed E-state index contributed by atoms with van der Waals surface area (Å²) in [7, 11) is 0. The van der Waals surface area contributed by atoms with Gasteiger partial charge in [0.1, 0.15) is 0 Å². The van der Waals surface area contributed by atoms with E-state index in [1.54, 1.807) is 0 Å². The summed E-state index contributed by atoms with van der Waals surface area (Å²) in [6.07, 6.45) is 8.74. The van der Waals surface area contributed by atoms with Gasteiger partial charge in [0.2, 0.25) is 0 Å². The Hall–Kier alpha value is -5.79. The molecule has 6 nitrogen and oxygen atoms in total. The Kier molecular flexibility index (Phi) is 8.57. The summed E-state index contributed by atoms with van der Waals surface area (Å²) >= 11 is 6.35. The first-order chi connectivity index (χ1) is 24.2. The monoisotopic (exact) mass is 658 g/mol. The van der Waals surface area contributed by atoms with Crippen LogP contribution in [0.1, 0.15) is 23.2 Å². The second kappa shape index (κ2) is 13.7. The van der Waals surface area contributed by atoms with E-state index in [1.165, 1.54) is 0 Å². The molecule has 6 aromatic carbocycles. The maximum Gasteiger partial charge on any atom is 0.0921 e. The van der Waals surface area contributed by atoms with Crippen LogP contribution >= 0.6 is 11.6 Å². The molecule has 2 heterocycles. The summed E-state index contributed by atoms with van der Waals surface area (Å²) in [5.41, 5.74) is 16.1. The van der Waals surface area contributed by atoms with E-state index in [2.05, 4.69) is 183 Å². The Bertz CT molecular complexity index is 1930. The molecular formula is C42H35ClN6. The van der Waals surface area contributed by atoms with Gasteiger partial charge in [-0.15, -0.1) is 11.1 Å². The van der Waals surface area contributed by atoms with Crippen LogP contribution < -0.4 is 31.1 Å². The normalized spacial score (nSPS) is 17.4. The van der Waals surface area contributed by atoms with Gasteiger partial charge in [0.05, 0.1) is 34.8 Å². The van der Waals surface area contributed by atoms with Crippen LogP contribution in [0.5, 0.6) is 0 Å². The van der Waals surface area contributed by atoms with Crippen LogP contribution in [-0.2, 0) is 0 Å². The molecule has 0 radical (unpaired) electrons. The molecule has 0 fully saturated rings. The van der Waals surface area contributed by atoms with Gasteiger partial charge in [0.25, 0.3) is 0 Å². The predicted octanol–water partition coefficient (Wildman–Crippen LogP) is 10.0. The van der Waals surface area contributed by atoms with Crippen LogP contribution in [0.15, 0.2) is 188 Å². The van der Waals surface area contributed by atoms with Gasteiger partial charge in [-0.2, -0.15) is 0 Å². The fourth-order valence-electron chi connectivity index (χ4n) is 6.36. The van der Waals surface area contributed by atoms with E-state index < -0.39 is 0 Å². The Morgan fingerprint density at radius 1 is 0.408 bits per heavy atom. The van der Waals surface area contributed by atoms with Gasteiger partial charge < -0.3 is 0 Å². The van der Waals surface area contributed by atoms with Gasteiger partial charge in [-0.1, -0.05) is 103 Å². The zero-order valence-electron chi connectivity index (χ0n) is 26.7. The molecule has 6 aromatic rings. The average molecular weight is 659 g/mol. The van der Waals surface area contributed by atoms with Crippen molar-refractivity contribution in [2.45, 2.75) is 12.1 Å². The van der Waals surface area contributed by atoms with E-state index in [9.17, 15) is 0 Å². The number of halogens is 1. The predicted molar refractivity (Wildman–Crippen MR) is 203 cm³/mol. The number of para-hydroxylation sites is 4. The van der Waals surface area contributed by atoms with Crippen molar-refractivity contribution in [3.63, 3.8) is 0 Å². The summed E-state index contributed by atoms with van der Waals surface area (Å²) in [5.74, 6) is 0. The number of hydrogen-bond acceptors (Lipinski definition) is 6. The molecule has 0 amide bonds. The number of rotatable bonds is 7. The molecule has 2 aliphatic heterocycles. The summed E-state index contributed by atoms with van der Waals surface area (Å²) in [6.45, 7) is 0. The Labute approximate surface area is 292 Å². The minimum atomic E-state index is -0.111. The first-order valence-electron chi connectivity index (χ1n) is 16.4. The number of nitrogens with one attached hydrogen (secondary N) is 2. The summed E-state index contributed by atoms with van der Waals surface area (Å²) in [4.78, 5) is 0. The summed E-state index contributed by atoms with van der Waals surface area (Å²) in [6, 6.07) is 56.4. The average Bonchev–Trinajstić information content (AvgIpc) is 3.19.